The number of fused-ring (bicyclic) bond motifs is 1. The number of thioether (sulfide) groups is 1. The Morgan fingerprint density at radius 1 is 1.00 bits per heavy atom. The van der Waals surface area contributed by atoms with Crippen LogP contribution in [-0.2, 0) is 4.79 Å². The van der Waals surface area contributed by atoms with Gasteiger partial charge in [0.25, 0.3) is 11.1 Å². The second-order valence-electron chi connectivity index (χ2n) is 6.21. The SMILES string of the molecule is O=C1S/C(=C\c2cccc(Br)c2)C(=O)N1CCOc1cccc2ccccc12. The van der Waals surface area contributed by atoms with Crippen LogP contribution in [0.25, 0.3) is 16.8 Å². The van der Waals surface area contributed by atoms with E-state index >= 15 is 0 Å². The van der Waals surface area contributed by atoms with Gasteiger partial charge in [0.1, 0.15) is 12.4 Å². The van der Waals surface area contributed by atoms with Gasteiger partial charge in [-0.15, -0.1) is 0 Å². The number of benzene rings is 3. The molecule has 1 fully saturated rings. The first kappa shape index (κ1) is 18.8. The number of halogens is 1. The maximum Gasteiger partial charge on any atom is 0.293 e. The highest BCUT2D eigenvalue weighted by Gasteiger charge is 2.34. The number of carbonyl (C=O) groups excluding carboxylic acids is 2. The van der Waals surface area contributed by atoms with Crippen molar-refractivity contribution >= 4 is 55.7 Å². The maximum atomic E-state index is 12.6. The Morgan fingerprint density at radius 3 is 2.64 bits per heavy atom. The minimum absolute atomic E-state index is 0.212. The molecule has 0 atom stereocenters. The normalized spacial score (nSPS) is 15.6. The van der Waals surface area contributed by atoms with E-state index in [-0.39, 0.29) is 24.3 Å². The van der Waals surface area contributed by atoms with E-state index in [1.54, 1.807) is 6.08 Å². The van der Waals surface area contributed by atoms with Crippen molar-refractivity contribution in [2.45, 2.75) is 0 Å². The lowest BCUT2D eigenvalue weighted by molar-refractivity contribution is -0.123. The van der Waals surface area contributed by atoms with Crippen LogP contribution < -0.4 is 4.74 Å². The van der Waals surface area contributed by atoms with Gasteiger partial charge in [0.2, 0.25) is 0 Å². The van der Waals surface area contributed by atoms with Gasteiger partial charge in [0.05, 0.1) is 11.4 Å². The smallest absolute Gasteiger partial charge is 0.293 e. The molecule has 0 radical (unpaired) electrons. The number of amides is 2. The molecule has 4 rings (SSSR count). The molecule has 0 N–H and O–H groups in total. The second-order valence-corrected chi connectivity index (χ2v) is 8.12. The lowest BCUT2D eigenvalue weighted by Crippen LogP contribution is -2.32. The molecule has 4 nitrogen and oxygen atoms in total. The lowest BCUT2D eigenvalue weighted by atomic mass is 10.1. The third-order valence-corrected chi connectivity index (χ3v) is 5.74. The van der Waals surface area contributed by atoms with Gasteiger partial charge in [0.15, 0.2) is 0 Å². The highest BCUT2D eigenvalue weighted by atomic mass is 79.9. The molecule has 3 aromatic carbocycles. The number of hydrogen-bond acceptors (Lipinski definition) is 4. The van der Waals surface area contributed by atoms with Crippen molar-refractivity contribution in [1.29, 1.82) is 0 Å². The molecule has 3 aromatic rings. The summed E-state index contributed by atoms with van der Waals surface area (Å²) < 4.78 is 6.79. The van der Waals surface area contributed by atoms with Crippen molar-refractivity contribution in [1.82, 2.24) is 4.90 Å². The first-order valence-corrected chi connectivity index (χ1v) is 10.3. The predicted octanol–water partition coefficient (Wildman–Crippen LogP) is 5.72. The fraction of sp³-hybridized carbons (Fsp3) is 0.0909. The van der Waals surface area contributed by atoms with Gasteiger partial charge < -0.3 is 4.74 Å². The van der Waals surface area contributed by atoms with Crippen molar-refractivity contribution in [3.8, 4) is 5.75 Å². The van der Waals surface area contributed by atoms with Gasteiger partial charge in [-0.2, -0.15) is 0 Å². The summed E-state index contributed by atoms with van der Waals surface area (Å²) >= 11 is 4.37. The number of imide groups is 1. The summed E-state index contributed by atoms with van der Waals surface area (Å²) in [5, 5.41) is 1.82. The zero-order valence-electron chi connectivity index (χ0n) is 14.8. The molecule has 0 aliphatic carbocycles. The molecule has 28 heavy (non-hydrogen) atoms. The molecule has 0 unspecified atom stereocenters. The number of hydrogen-bond donors (Lipinski definition) is 0. The molecule has 0 aromatic heterocycles. The molecule has 0 saturated carbocycles. The lowest BCUT2D eigenvalue weighted by Gasteiger charge is -2.14. The number of carbonyl (C=O) groups is 2. The zero-order chi connectivity index (χ0) is 19.5. The van der Waals surface area contributed by atoms with Crippen LogP contribution in [0.4, 0.5) is 4.79 Å². The van der Waals surface area contributed by atoms with Gasteiger partial charge in [-0.1, -0.05) is 64.5 Å². The fourth-order valence-corrected chi connectivity index (χ4v) is 4.29. The molecular formula is C22H16BrNO3S. The molecule has 1 saturated heterocycles. The Hall–Kier alpha value is -2.57. The third kappa shape index (κ3) is 3.98. The molecule has 140 valence electrons. The Balaban J connectivity index is 1.44. The highest BCUT2D eigenvalue weighted by Crippen LogP contribution is 2.32. The van der Waals surface area contributed by atoms with Crippen LogP contribution in [0.3, 0.4) is 0 Å². The fourth-order valence-electron chi connectivity index (χ4n) is 3.01. The number of rotatable bonds is 5. The highest BCUT2D eigenvalue weighted by molar-refractivity contribution is 9.10. The van der Waals surface area contributed by atoms with E-state index in [0.717, 1.165) is 38.3 Å². The van der Waals surface area contributed by atoms with Crippen molar-refractivity contribution in [3.63, 3.8) is 0 Å². The van der Waals surface area contributed by atoms with Crippen molar-refractivity contribution < 1.29 is 14.3 Å². The van der Waals surface area contributed by atoms with Crippen LogP contribution in [0.15, 0.2) is 76.1 Å². The largest absolute Gasteiger partial charge is 0.491 e. The average molecular weight is 454 g/mol. The minimum atomic E-state index is -0.281. The summed E-state index contributed by atoms with van der Waals surface area (Å²) in [5.41, 5.74) is 0.867. The molecule has 1 aliphatic heterocycles. The summed E-state index contributed by atoms with van der Waals surface area (Å²) in [6.45, 7) is 0.458. The quantitative estimate of drug-likeness (QED) is 0.463. The summed E-state index contributed by atoms with van der Waals surface area (Å²) in [7, 11) is 0. The summed E-state index contributed by atoms with van der Waals surface area (Å²) in [4.78, 5) is 26.5. The van der Waals surface area contributed by atoms with E-state index in [2.05, 4.69) is 15.9 Å². The van der Waals surface area contributed by atoms with E-state index in [0.29, 0.717) is 4.91 Å². The van der Waals surface area contributed by atoms with Gasteiger partial charge in [-0.05, 0) is 47.0 Å². The number of nitrogens with zero attached hydrogens (tertiary/aromatic N) is 1. The monoisotopic (exact) mass is 453 g/mol. The molecule has 2 amide bonds. The molecular weight excluding hydrogens is 438 g/mol. The van der Waals surface area contributed by atoms with Crippen molar-refractivity contribution in [3.05, 3.63) is 81.7 Å². The van der Waals surface area contributed by atoms with E-state index in [9.17, 15) is 9.59 Å². The molecule has 1 heterocycles. The average Bonchev–Trinajstić information content (AvgIpc) is 2.95. The summed E-state index contributed by atoms with van der Waals surface area (Å²) in [6, 6.07) is 21.4. The first-order chi connectivity index (χ1) is 13.6. The Bertz CT molecular complexity index is 1090. The summed E-state index contributed by atoms with van der Waals surface area (Å²) in [5.74, 6) is 0.464. The van der Waals surface area contributed by atoms with Crippen LogP contribution in [0.1, 0.15) is 5.56 Å². The topological polar surface area (TPSA) is 46.6 Å². The van der Waals surface area contributed by atoms with Crippen LogP contribution >= 0.6 is 27.7 Å². The van der Waals surface area contributed by atoms with Gasteiger partial charge in [-0.25, -0.2) is 0 Å². The van der Waals surface area contributed by atoms with Gasteiger partial charge in [0, 0.05) is 9.86 Å². The zero-order valence-corrected chi connectivity index (χ0v) is 17.2. The minimum Gasteiger partial charge on any atom is -0.491 e. The van der Waals surface area contributed by atoms with Crippen LogP contribution in [0, 0.1) is 0 Å². The Labute approximate surface area is 175 Å². The Morgan fingerprint density at radius 2 is 1.79 bits per heavy atom. The Kier molecular flexibility index (Phi) is 5.50. The molecule has 0 spiro atoms. The molecule has 0 bridgehead atoms. The second kappa shape index (κ2) is 8.20. The van der Waals surface area contributed by atoms with E-state index < -0.39 is 0 Å². The van der Waals surface area contributed by atoms with Crippen LogP contribution in [0.5, 0.6) is 5.75 Å². The number of ether oxygens (including phenoxy) is 1. The van der Waals surface area contributed by atoms with E-state index in [1.807, 2.05) is 66.7 Å². The van der Waals surface area contributed by atoms with E-state index in [1.165, 1.54) is 4.90 Å². The van der Waals surface area contributed by atoms with Crippen LogP contribution in [-0.4, -0.2) is 29.2 Å². The summed E-state index contributed by atoms with van der Waals surface area (Å²) in [6.07, 6.45) is 1.74. The van der Waals surface area contributed by atoms with E-state index in [4.69, 9.17) is 4.74 Å². The van der Waals surface area contributed by atoms with Crippen LogP contribution in [0.2, 0.25) is 0 Å². The van der Waals surface area contributed by atoms with Crippen molar-refractivity contribution in [2.75, 3.05) is 13.2 Å². The van der Waals surface area contributed by atoms with Gasteiger partial charge >= 0.3 is 0 Å². The maximum absolute atomic E-state index is 12.6. The van der Waals surface area contributed by atoms with Crippen molar-refractivity contribution in [2.24, 2.45) is 0 Å². The standard InChI is InChI=1S/C22H16BrNO3S/c23-17-8-3-5-15(13-17)14-20-21(25)24(22(26)28-20)11-12-27-19-10-4-7-16-6-1-2-9-18(16)19/h1-10,13-14H,11-12H2/b20-14-. The molecule has 1 aliphatic rings. The predicted molar refractivity (Wildman–Crippen MR) is 116 cm³/mol. The van der Waals surface area contributed by atoms with Gasteiger partial charge in [-0.3, -0.25) is 14.5 Å². The first-order valence-electron chi connectivity index (χ1n) is 8.73. The third-order valence-electron chi connectivity index (χ3n) is 4.34. The molecule has 6 heteroatoms.